The molecule has 0 aliphatic carbocycles. The first-order chi connectivity index (χ1) is 20.7. The summed E-state index contributed by atoms with van der Waals surface area (Å²) in [6.45, 7) is 0. The molecule has 5 heteroatoms. The van der Waals surface area contributed by atoms with E-state index in [-0.39, 0.29) is 33.4 Å². The topological polar surface area (TPSA) is 74.6 Å². The molecule has 0 aromatic heterocycles. The van der Waals surface area contributed by atoms with Crippen LogP contribution in [0, 0.1) is 0 Å². The van der Waals surface area contributed by atoms with Crippen LogP contribution in [0.1, 0.15) is 33.4 Å². The Labute approximate surface area is 250 Å². The van der Waals surface area contributed by atoms with Crippen molar-refractivity contribution in [2.45, 2.75) is 8.55 Å². The quantitative estimate of drug-likeness (QED) is 0.175. The average Bonchev–Trinajstić information content (AvgIpc) is 3.04. The third-order valence-electron chi connectivity index (χ3n) is 8.44. The molecule has 0 amide bonds. The second-order valence-corrected chi connectivity index (χ2v) is 16.6. The zero-order valence-corrected chi connectivity index (χ0v) is 24.7. The van der Waals surface area contributed by atoms with E-state index in [1.54, 1.807) is 182 Å². The molecule has 2 N–H and O–H groups in total. The normalized spacial score (nSPS) is 13.9. The molecule has 0 saturated carbocycles. The van der Waals surface area contributed by atoms with Crippen LogP contribution in [0.4, 0.5) is 0 Å². The fraction of sp³-hybridized carbons (Fsp3) is 0.0526. The van der Waals surface area contributed by atoms with Crippen LogP contribution in [-0.4, -0.2) is 8.32 Å². The monoisotopic (exact) mass is 604 g/mol. The van der Waals surface area contributed by atoms with Crippen molar-refractivity contribution < 1.29 is 27.4 Å². The average molecular weight is 605 g/mol. The predicted molar refractivity (Wildman–Crippen MR) is 164 cm³/mol. The van der Waals surface area contributed by atoms with Gasteiger partial charge in [-0.2, -0.15) is 0 Å². The SMILES string of the molecule is [O]=[Cr](=[O])([OH])([OH])([C](c1ccccc1)(c1ccccc1)c1ccccc1)[C](c1ccccc1)(c1ccccc1)c1ccccc1. The van der Waals surface area contributed by atoms with Gasteiger partial charge in [0.05, 0.1) is 0 Å². The molecule has 0 spiro atoms. The van der Waals surface area contributed by atoms with Crippen LogP contribution < -0.4 is 0 Å². The predicted octanol–water partition coefficient (Wildman–Crippen LogP) is 7.70. The Balaban J connectivity index is 1.99. The standard InChI is InChI=1S/2C19H15.Cr.2H2O.2O/c2*1-4-10-16(11-5-1)19(17-12-6-2-7-13-17)18-14-8-3-9-15-18;;;;;/h2*1-15H;;2*1H2;;/q;;+2;;;;/p-2. The first kappa shape index (κ1) is 28.5. The van der Waals surface area contributed by atoms with E-state index in [0.717, 1.165) is 0 Å². The van der Waals surface area contributed by atoms with Gasteiger partial charge in [0.2, 0.25) is 0 Å². The van der Waals surface area contributed by atoms with E-state index in [4.69, 9.17) is 0 Å². The van der Waals surface area contributed by atoms with Crippen molar-refractivity contribution in [3.63, 3.8) is 0 Å². The van der Waals surface area contributed by atoms with Crippen molar-refractivity contribution in [2.75, 3.05) is 0 Å². The Morgan fingerprint density at radius 1 is 0.302 bits per heavy atom. The zero-order valence-electron chi connectivity index (χ0n) is 23.4. The van der Waals surface area contributed by atoms with Gasteiger partial charge in [-0.05, 0) is 0 Å². The van der Waals surface area contributed by atoms with Gasteiger partial charge in [0.15, 0.2) is 0 Å². The molecule has 0 bridgehead atoms. The third-order valence-corrected chi connectivity index (χ3v) is 14.9. The van der Waals surface area contributed by atoms with Crippen LogP contribution in [0.25, 0.3) is 0 Å². The second kappa shape index (κ2) is 9.98. The molecule has 214 valence electrons. The summed E-state index contributed by atoms with van der Waals surface area (Å²) in [4.78, 5) is 0. The summed E-state index contributed by atoms with van der Waals surface area (Å²) in [6.07, 6.45) is 0. The summed E-state index contributed by atoms with van der Waals surface area (Å²) < 4.78 is 55.9. The van der Waals surface area contributed by atoms with Gasteiger partial charge in [-0.1, -0.05) is 0 Å². The van der Waals surface area contributed by atoms with Gasteiger partial charge in [-0.3, -0.25) is 0 Å². The minimum absolute atomic E-state index is 0.199. The van der Waals surface area contributed by atoms with Gasteiger partial charge >= 0.3 is 251 Å². The molecule has 0 aliphatic rings. The molecule has 0 radical (unpaired) electrons. The van der Waals surface area contributed by atoms with Gasteiger partial charge in [0, 0.05) is 0 Å². The molecule has 43 heavy (non-hydrogen) atoms. The Morgan fingerprint density at radius 3 is 0.581 bits per heavy atom. The fourth-order valence-electron chi connectivity index (χ4n) is 6.83. The maximum atomic E-state index is 16.8. The van der Waals surface area contributed by atoms with Crippen LogP contribution in [0.15, 0.2) is 182 Å². The van der Waals surface area contributed by atoms with E-state index in [9.17, 15) is 8.32 Å². The van der Waals surface area contributed by atoms with Gasteiger partial charge in [0.25, 0.3) is 0 Å². The Kier molecular flexibility index (Phi) is 6.61. The minimum atomic E-state index is -9.13. The molecule has 0 heterocycles. The Bertz CT molecular complexity index is 1680. The molecule has 6 aromatic carbocycles. The fourth-order valence-corrected chi connectivity index (χ4v) is 13.7. The van der Waals surface area contributed by atoms with Crippen LogP contribution in [-0.2, 0) is 27.6 Å². The van der Waals surface area contributed by atoms with E-state index in [2.05, 4.69) is 0 Å². The van der Waals surface area contributed by atoms with E-state index >= 15 is 7.61 Å². The summed E-state index contributed by atoms with van der Waals surface area (Å²) in [5, 5.41) is 0. The number of hydrogen-bond acceptors (Lipinski definition) is 2. The summed E-state index contributed by atoms with van der Waals surface area (Å²) in [5.74, 6) is 0. The molecular formula is C38H32CrO4. The molecule has 6 rings (SSSR count). The van der Waals surface area contributed by atoms with Gasteiger partial charge in [0.1, 0.15) is 0 Å². The summed E-state index contributed by atoms with van der Waals surface area (Å²) in [6, 6.07) is 51.0. The molecule has 0 unspecified atom stereocenters. The van der Waals surface area contributed by atoms with E-state index in [1.807, 2.05) is 0 Å². The van der Waals surface area contributed by atoms with E-state index in [0.29, 0.717) is 0 Å². The molecule has 0 fully saturated rings. The van der Waals surface area contributed by atoms with Crippen molar-refractivity contribution in [3.8, 4) is 0 Å². The van der Waals surface area contributed by atoms with E-state index in [1.165, 1.54) is 0 Å². The summed E-state index contributed by atoms with van der Waals surface area (Å²) in [7, 11) is 0. The van der Waals surface area contributed by atoms with E-state index < -0.39 is 20.0 Å². The molecule has 0 saturated heterocycles. The number of hydrogen-bond donors (Lipinski definition) is 2. The number of rotatable bonds is 8. The Morgan fingerprint density at radius 2 is 0.442 bits per heavy atom. The molecular weight excluding hydrogens is 572 g/mol. The molecule has 0 atom stereocenters. The summed E-state index contributed by atoms with van der Waals surface area (Å²) in [5.41, 5.74) is 1.19. The Hall–Kier alpha value is -4.63. The van der Waals surface area contributed by atoms with Gasteiger partial charge in [-0.15, -0.1) is 0 Å². The zero-order chi connectivity index (χ0) is 30.1. The molecule has 6 aromatic rings. The van der Waals surface area contributed by atoms with Crippen LogP contribution in [0.3, 0.4) is 0 Å². The van der Waals surface area contributed by atoms with Gasteiger partial charge in [-0.25, -0.2) is 0 Å². The second-order valence-electron chi connectivity index (χ2n) is 10.8. The van der Waals surface area contributed by atoms with Crippen molar-refractivity contribution in [3.05, 3.63) is 215 Å². The van der Waals surface area contributed by atoms with Crippen molar-refractivity contribution in [2.24, 2.45) is 0 Å². The van der Waals surface area contributed by atoms with Crippen LogP contribution >= 0.6 is 0 Å². The first-order valence-corrected chi connectivity index (χ1v) is 17.5. The van der Waals surface area contributed by atoms with Crippen LogP contribution in [0.5, 0.6) is 0 Å². The molecule has 4 nitrogen and oxygen atoms in total. The van der Waals surface area contributed by atoms with Crippen LogP contribution in [0.2, 0.25) is 0 Å². The van der Waals surface area contributed by atoms with Crippen molar-refractivity contribution >= 4 is 0 Å². The van der Waals surface area contributed by atoms with Gasteiger partial charge < -0.3 is 0 Å². The maximum absolute atomic E-state index is 16.8. The summed E-state index contributed by atoms with van der Waals surface area (Å²) >= 11 is -9.13. The van der Waals surface area contributed by atoms with Crippen molar-refractivity contribution in [1.82, 2.24) is 0 Å². The number of benzene rings is 6. The van der Waals surface area contributed by atoms with Crippen molar-refractivity contribution in [1.29, 1.82) is 0 Å². The first-order valence-electron chi connectivity index (χ1n) is 14.1. The molecule has 0 aliphatic heterocycles. The third kappa shape index (κ3) is 3.91.